The van der Waals surface area contributed by atoms with Crippen LogP contribution in [0, 0.1) is 5.92 Å². The van der Waals surface area contributed by atoms with Gasteiger partial charge in [-0.1, -0.05) is 0 Å². The summed E-state index contributed by atoms with van der Waals surface area (Å²) in [6.45, 7) is 3.90. The molecule has 3 nitrogen and oxygen atoms in total. The predicted octanol–water partition coefficient (Wildman–Crippen LogP) is 0.967. The molecule has 2 N–H and O–H groups in total. The Morgan fingerprint density at radius 1 is 1.69 bits per heavy atom. The van der Waals surface area contributed by atoms with Gasteiger partial charge in [0.05, 0.1) is 5.69 Å². The van der Waals surface area contributed by atoms with Crippen molar-refractivity contribution in [2.24, 2.45) is 11.7 Å². The Morgan fingerprint density at radius 3 is 3.23 bits per heavy atom. The summed E-state index contributed by atoms with van der Waals surface area (Å²) in [5.74, 6) is 0.660. The summed E-state index contributed by atoms with van der Waals surface area (Å²) < 4.78 is 2.03. The van der Waals surface area contributed by atoms with Crippen LogP contribution in [-0.2, 0) is 19.4 Å². The highest BCUT2D eigenvalue weighted by molar-refractivity contribution is 5.20. The first-order chi connectivity index (χ1) is 6.33. The van der Waals surface area contributed by atoms with Gasteiger partial charge in [0.1, 0.15) is 0 Å². The van der Waals surface area contributed by atoms with Crippen LogP contribution in [0.15, 0.2) is 6.20 Å². The van der Waals surface area contributed by atoms with Gasteiger partial charge in [-0.2, -0.15) is 5.10 Å². The fourth-order valence-electron chi connectivity index (χ4n) is 1.98. The second kappa shape index (κ2) is 3.50. The quantitative estimate of drug-likeness (QED) is 0.735. The van der Waals surface area contributed by atoms with E-state index in [1.165, 1.54) is 17.7 Å². The molecule has 1 heterocycles. The van der Waals surface area contributed by atoms with Gasteiger partial charge in [0.15, 0.2) is 0 Å². The molecule has 0 amide bonds. The van der Waals surface area contributed by atoms with E-state index in [0.717, 1.165) is 25.9 Å². The molecule has 0 aliphatic heterocycles. The molecule has 0 bridgehead atoms. The maximum absolute atomic E-state index is 5.67. The lowest BCUT2D eigenvalue weighted by molar-refractivity contribution is 0.462. The minimum absolute atomic E-state index is 0.660. The fourth-order valence-corrected chi connectivity index (χ4v) is 1.98. The van der Waals surface area contributed by atoms with Gasteiger partial charge in [-0.05, 0) is 44.2 Å². The molecule has 13 heavy (non-hydrogen) atoms. The molecular formula is C10H17N3. The van der Waals surface area contributed by atoms with Gasteiger partial charge in [0.25, 0.3) is 0 Å². The molecule has 0 aromatic carbocycles. The number of hydrogen-bond acceptors (Lipinski definition) is 2. The highest BCUT2D eigenvalue weighted by atomic mass is 15.3. The van der Waals surface area contributed by atoms with Gasteiger partial charge in [0, 0.05) is 12.7 Å². The smallest absolute Gasteiger partial charge is 0.0659 e. The third kappa shape index (κ3) is 1.61. The molecule has 1 unspecified atom stereocenters. The second-order valence-corrected chi connectivity index (χ2v) is 3.80. The summed E-state index contributed by atoms with van der Waals surface area (Å²) in [5.41, 5.74) is 8.38. The van der Waals surface area contributed by atoms with E-state index in [9.17, 15) is 0 Å². The van der Waals surface area contributed by atoms with Crippen molar-refractivity contribution in [1.82, 2.24) is 9.78 Å². The minimum atomic E-state index is 0.660. The molecule has 0 saturated carbocycles. The van der Waals surface area contributed by atoms with Crippen LogP contribution in [0.5, 0.6) is 0 Å². The number of aromatic nitrogens is 2. The lowest BCUT2D eigenvalue weighted by atomic mass is 9.88. The lowest BCUT2D eigenvalue weighted by Crippen LogP contribution is -2.21. The Hall–Kier alpha value is -0.830. The molecule has 1 aromatic heterocycles. The molecule has 0 radical (unpaired) electrons. The van der Waals surface area contributed by atoms with Gasteiger partial charge < -0.3 is 5.73 Å². The van der Waals surface area contributed by atoms with Crippen molar-refractivity contribution < 1.29 is 0 Å². The zero-order chi connectivity index (χ0) is 9.26. The number of aryl methyl sites for hydroxylation is 2. The van der Waals surface area contributed by atoms with E-state index >= 15 is 0 Å². The minimum Gasteiger partial charge on any atom is -0.330 e. The molecule has 3 heteroatoms. The summed E-state index contributed by atoms with van der Waals surface area (Å²) in [4.78, 5) is 0. The lowest BCUT2D eigenvalue weighted by Gasteiger charge is -2.18. The molecule has 1 aliphatic carbocycles. The van der Waals surface area contributed by atoms with Gasteiger partial charge in [-0.25, -0.2) is 0 Å². The van der Waals surface area contributed by atoms with Crippen LogP contribution in [0.1, 0.15) is 24.6 Å². The van der Waals surface area contributed by atoms with Gasteiger partial charge in [-0.15, -0.1) is 0 Å². The summed E-state index contributed by atoms with van der Waals surface area (Å²) in [7, 11) is 0. The van der Waals surface area contributed by atoms with Crippen LogP contribution < -0.4 is 5.73 Å². The Kier molecular flexibility index (Phi) is 2.36. The number of nitrogens with zero attached hydrogens (tertiary/aromatic N) is 2. The number of fused-ring (bicyclic) bond motifs is 1. The molecule has 1 aromatic rings. The molecule has 1 aliphatic rings. The van der Waals surface area contributed by atoms with E-state index in [2.05, 4.69) is 18.2 Å². The zero-order valence-electron chi connectivity index (χ0n) is 8.16. The first-order valence-electron chi connectivity index (χ1n) is 5.08. The Bertz CT molecular complexity index is 290. The van der Waals surface area contributed by atoms with Crippen LogP contribution in [0.3, 0.4) is 0 Å². The second-order valence-electron chi connectivity index (χ2n) is 3.80. The summed E-state index contributed by atoms with van der Waals surface area (Å²) in [6.07, 6.45) is 5.66. The summed E-state index contributed by atoms with van der Waals surface area (Å²) in [6, 6.07) is 0. The Labute approximate surface area is 78.9 Å². The van der Waals surface area contributed by atoms with E-state index in [4.69, 9.17) is 5.73 Å². The van der Waals surface area contributed by atoms with Gasteiger partial charge >= 0.3 is 0 Å². The van der Waals surface area contributed by atoms with E-state index in [1.54, 1.807) is 0 Å². The van der Waals surface area contributed by atoms with E-state index < -0.39 is 0 Å². The topological polar surface area (TPSA) is 43.8 Å². The van der Waals surface area contributed by atoms with Crippen LogP contribution in [-0.4, -0.2) is 16.3 Å². The number of hydrogen-bond donors (Lipinski definition) is 1. The molecule has 72 valence electrons. The molecular weight excluding hydrogens is 162 g/mol. The van der Waals surface area contributed by atoms with Crippen molar-refractivity contribution in [3.8, 4) is 0 Å². The van der Waals surface area contributed by atoms with Crippen molar-refractivity contribution in [2.45, 2.75) is 32.7 Å². The first kappa shape index (κ1) is 8.75. The standard InChI is InChI=1S/C10H17N3/c1-2-13-7-9-4-3-8(6-11)5-10(9)12-13/h7-8H,2-6,11H2,1H3. The van der Waals surface area contributed by atoms with Gasteiger partial charge in [0.2, 0.25) is 0 Å². The number of nitrogens with two attached hydrogens (primary N) is 1. The van der Waals surface area contributed by atoms with Crippen LogP contribution in [0.4, 0.5) is 0 Å². The van der Waals surface area contributed by atoms with Crippen LogP contribution in [0.25, 0.3) is 0 Å². The molecule has 2 rings (SSSR count). The van der Waals surface area contributed by atoms with Crippen LogP contribution >= 0.6 is 0 Å². The van der Waals surface area contributed by atoms with Crippen LogP contribution in [0.2, 0.25) is 0 Å². The van der Waals surface area contributed by atoms with Crippen molar-refractivity contribution in [2.75, 3.05) is 6.54 Å². The van der Waals surface area contributed by atoms with Crippen molar-refractivity contribution in [1.29, 1.82) is 0 Å². The summed E-state index contributed by atoms with van der Waals surface area (Å²) >= 11 is 0. The zero-order valence-corrected chi connectivity index (χ0v) is 8.16. The largest absolute Gasteiger partial charge is 0.330 e. The van der Waals surface area contributed by atoms with Crippen molar-refractivity contribution in [3.05, 3.63) is 17.5 Å². The van der Waals surface area contributed by atoms with Gasteiger partial charge in [-0.3, -0.25) is 4.68 Å². The first-order valence-corrected chi connectivity index (χ1v) is 5.08. The maximum Gasteiger partial charge on any atom is 0.0659 e. The fraction of sp³-hybridized carbons (Fsp3) is 0.700. The average molecular weight is 179 g/mol. The Balaban J connectivity index is 2.19. The van der Waals surface area contributed by atoms with Crippen molar-refractivity contribution >= 4 is 0 Å². The average Bonchev–Trinajstić information content (AvgIpc) is 2.58. The third-order valence-electron chi connectivity index (χ3n) is 2.89. The van der Waals surface area contributed by atoms with E-state index in [1.807, 2.05) is 4.68 Å². The highest BCUT2D eigenvalue weighted by Crippen LogP contribution is 2.23. The monoisotopic (exact) mass is 179 g/mol. The maximum atomic E-state index is 5.67. The molecule has 0 fully saturated rings. The van der Waals surface area contributed by atoms with E-state index in [0.29, 0.717) is 5.92 Å². The highest BCUT2D eigenvalue weighted by Gasteiger charge is 2.20. The normalized spacial score (nSPS) is 21.5. The third-order valence-corrected chi connectivity index (χ3v) is 2.89. The predicted molar refractivity (Wildman–Crippen MR) is 52.5 cm³/mol. The number of rotatable bonds is 2. The van der Waals surface area contributed by atoms with Crippen molar-refractivity contribution in [3.63, 3.8) is 0 Å². The molecule has 0 saturated heterocycles. The molecule has 1 atom stereocenters. The molecule has 0 spiro atoms. The summed E-state index contributed by atoms with van der Waals surface area (Å²) in [5, 5.41) is 4.53. The SMILES string of the molecule is CCn1cc2c(n1)CC(CN)CC2. The Morgan fingerprint density at radius 2 is 2.54 bits per heavy atom. The van der Waals surface area contributed by atoms with E-state index in [-0.39, 0.29) is 0 Å².